The molecule has 0 radical (unpaired) electrons. The Hall–Kier alpha value is -3.52. The fourth-order valence-electron chi connectivity index (χ4n) is 3.88. The van der Waals surface area contributed by atoms with Gasteiger partial charge in [0.2, 0.25) is 0 Å². The molecule has 0 aliphatic carbocycles. The Labute approximate surface area is 185 Å². The van der Waals surface area contributed by atoms with Gasteiger partial charge in [-0.15, -0.1) is 0 Å². The molecule has 2 aromatic carbocycles. The Morgan fingerprint density at radius 1 is 1.09 bits per heavy atom. The normalized spacial score (nSPS) is 14.2. The second-order valence-electron chi connectivity index (χ2n) is 7.84. The third kappa shape index (κ3) is 5.20. The Bertz CT molecular complexity index is 1100. The average molecular weight is 437 g/mol. The zero-order valence-corrected chi connectivity index (χ0v) is 17.5. The lowest BCUT2D eigenvalue weighted by molar-refractivity contribution is 0.100. The van der Waals surface area contributed by atoms with Crippen molar-refractivity contribution in [2.45, 2.75) is 25.3 Å². The van der Waals surface area contributed by atoms with Crippen LogP contribution < -0.4 is 21.7 Å². The highest BCUT2D eigenvalue weighted by atomic mass is 19.1. The molecule has 1 fully saturated rings. The molecule has 2 heterocycles. The number of piperidine rings is 1. The molecule has 0 unspecified atom stereocenters. The van der Waals surface area contributed by atoms with Crippen molar-refractivity contribution in [3.8, 4) is 0 Å². The summed E-state index contributed by atoms with van der Waals surface area (Å²) in [5.74, 6) is -0.689. The number of benzene rings is 2. The summed E-state index contributed by atoms with van der Waals surface area (Å²) in [5, 5.41) is 9.55. The van der Waals surface area contributed by atoms with Gasteiger partial charge in [-0.2, -0.15) is 0 Å². The molecule has 1 aliphatic rings. The van der Waals surface area contributed by atoms with Crippen LogP contribution in [0.15, 0.2) is 54.7 Å². The first kappa shape index (κ1) is 21.7. The van der Waals surface area contributed by atoms with Gasteiger partial charge in [0.15, 0.2) is 0 Å². The van der Waals surface area contributed by atoms with Crippen LogP contribution >= 0.6 is 0 Å². The SMILES string of the molecule is NC(=O)c1cnc(Nc2ccc(C3CCNCC3)cc2)cc1NCc1cc(F)ccc1F. The number of carbonyl (C=O) groups excluding carboxylic acids is 1. The number of nitrogens with zero attached hydrogens (tertiary/aromatic N) is 1. The standard InChI is InChI=1S/C24H25F2N5O/c25-18-3-6-21(26)17(11-18)13-29-22-12-23(30-14-20(22)24(27)32)31-19-4-1-15(2-5-19)16-7-9-28-10-8-16/h1-6,11-12,14,16,28H,7-10,13H2,(H2,27,32)(H2,29,30,31). The first-order chi connectivity index (χ1) is 15.5. The van der Waals surface area contributed by atoms with Crippen LogP contribution in [-0.4, -0.2) is 24.0 Å². The van der Waals surface area contributed by atoms with E-state index < -0.39 is 17.5 Å². The number of nitrogens with one attached hydrogen (secondary N) is 3. The summed E-state index contributed by atoms with van der Waals surface area (Å²) in [4.78, 5) is 16.1. The Balaban J connectivity index is 1.49. The van der Waals surface area contributed by atoms with Gasteiger partial charge in [0, 0.05) is 30.1 Å². The molecule has 0 bridgehead atoms. The van der Waals surface area contributed by atoms with E-state index in [-0.39, 0.29) is 17.7 Å². The van der Waals surface area contributed by atoms with Gasteiger partial charge in [-0.3, -0.25) is 4.79 Å². The predicted octanol–water partition coefficient (Wildman–Crippen LogP) is 4.28. The maximum Gasteiger partial charge on any atom is 0.252 e. The second-order valence-corrected chi connectivity index (χ2v) is 7.84. The molecule has 1 amide bonds. The fraction of sp³-hybridized carbons (Fsp3) is 0.250. The summed E-state index contributed by atoms with van der Waals surface area (Å²) in [6.07, 6.45) is 3.62. The molecular formula is C24H25F2N5O. The first-order valence-corrected chi connectivity index (χ1v) is 10.5. The lowest BCUT2D eigenvalue weighted by Crippen LogP contribution is -2.26. The molecule has 32 heavy (non-hydrogen) atoms. The van der Waals surface area contributed by atoms with Crippen molar-refractivity contribution >= 4 is 23.1 Å². The van der Waals surface area contributed by atoms with Gasteiger partial charge in [0.1, 0.15) is 17.5 Å². The van der Waals surface area contributed by atoms with Gasteiger partial charge in [0.05, 0.1) is 11.3 Å². The number of anilines is 3. The van der Waals surface area contributed by atoms with E-state index in [1.165, 1.54) is 11.8 Å². The van der Waals surface area contributed by atoms with Gasteiger partial charge in [-0.25, -0.2) is 13.8 Å². The summed E-state index contributed by atoms with van der Waals surface area (Å²) in [5.41, 5.74) is 8.29. The van der Waals surface area contributed by atoms with Gasteiger partial charge in [-0.05, 0) is 67.7 Å². The summed E-state index contributed by atoms with van der Waals surface area (Å²) < 4.78 is 27.4. The molecule has 5 N–H and O–H groups in total. The summed E-state index contributed by atoms with van der Waals surface area (Å²) >= 11 is 0. The predicted molar refractivity (Wildman–Crippen MR) is 121 cm³/mol. The van der Waals surface area contributed by atoms with E-state index in [0.29, 0.717) is 17.4 Å². The maximum atomic E-state index is 13.9. The number of rotatable bonds is 7. The van der Waals surface area contributed by atoms with Crippen LogP contribution in [0.25, 0.3) is 0 Å². The Morgan fingerprint density at radius 2 is 1.84 bits per heavy atom. The highest BCUT2D eigenvalue weighted by Gasteiger charge is 2.15. The van der Waals surface area contributed by atoms with E-state index in [2.05, 4.69) is 33.1 Å². The molecule has 3 aromatic rings. The van der Waals surface area contributed by atoms with Gasteiger partial charge >= 0.3 is 0 Å². The van der Waals surface area contributed by atoms with E-state index >= 15 is 0 Å². The number of pyridine rings is 1. The number of amides is 1. The van der Waals surface area contributed by atoms with Crippen molar-refractivity contribution in [1.29, 1.82) is 0 Å². The van der Waals surface area contributed by atoms with Crippen LogP contribution in [0.5, 0.6) is 0 Å². The quantitative estimate of drug-likeness (QED) is 0.443. The summed E-state index contributed by atoms with van der Waals surface area (Å²) in [7, 11) is 0. The second kappa shape index (κ2) is 9.74. The van der Waals surface area contributed by atoms with E-state index in [1.807, 2.05) is 12.1 Å². The van der Waals surface area contributed by atoms with Gasteiger partial charge < -0.3 is 21.7 Å². The van der Waals surface area contributed by atoms with Gasteiger partial charge in [-0.1, -0.05) is 12.1 Å². The third-order valence-corrected chi connectivity index (χ3v) is 5.64. The smallest absolute Gasteiger partial charge is 0.252 e. The molecule has 1 saturated heterocycles. The molecule has 8 heteroatoms. The molecule has 6 nitrogen and oxygen atoms in total. The number of carbonyl (C=O) groups is 1. The zero-order valence-electron chi connectivity index (χ0n) is 17.5. The number of halogens is 2. The molecule has 0 spiro atoms. The van der Waals surface area contributed by atoms with Crippen molar-refractivity contribution < 1.29 is 13.6 Å². The fourth-order valence-corrected chi connectivity index (χ4v) is 3.88. The molecule has 4 rings (SSSR count). The van der Waals surface area contributed by atoms with Crippen LogP contribution in [0.2, 0.25) is 0 Å². The minimum atomic E-state index is -0.669. The molecule has 166 valence electrons. The van der Waals surface area contributed by atoms with Crippen LogP contribution in [0.1, 0.15) is 40.2 Å². The number of hydrogen-bond donors (Lipinski definition) is 4. The van der Waals surface area contributed by atoms with Crippen molar-refractivity contribution in [1.82, 2.24) is 10.3 Å². The minimum Gasteiger partial charge on any atom is -0.380 e. The van der Waals surface area contributed by atoms with Crippen LogP contribution in [0.4, 0.5) is 26.0 Å². The van der Waals surface area contributed by atoms with E-state index in [1.54, 1.807) is 6.07 Å². The zero-order chi connectivity index (χ0) is 22.5. The van der Waals surface area contributed by atoms with E-state index in [9.17, 15) is 13.6 Å². The van der Waals surface area contributed by atoms with E-state index in [4.69, 9.17) is 5.73 Å². The van der Waals surface area contributed by atoms with Crippen LogP contribution in [0.3, 0.4) is 0 Å². The molecule has 0 saturated carbocycles. The van der Waals surface area contributed by atoms with Gasteiger partial charge in [0.25, 0.3) is 5.91 Å². The largest absolute Gasteiger partial charge is 0.380 e. The molecular weight excluding hydrogens is 412 g/mol. The maximum absolute atomic E-state index is 13.9. The van der Waals surface area contributed by atoms with Crippen molar-refractivity contribution in [2.24, 2.45) is 5.73 Å². The number of aromatic nitrogens is 1. The highest BCUT2D eigenvalue weighted by Crippen LogP contribution is 2.28. The monoisotopic (exact) mass is 437 g/mol. The van der Waals surface area contributed by atoms with E-state index in [0.717, 1.165) is 49.8 Å². The van der Waals surface area contributed by atoms with Crippen molar-refractivity contribution in [2.75, 3.05) is 23.7 Å². The number of primary amides is 1. The summed E-state index contributed by atoms with van der Waals surface area (Å²) in [6, 6.07) is 13.1. The Kier molecular flexibility index (Phi) is 6.61. The molecule has 1 aliphatic heterocycles. The first-order valence-electron chi connectivity index (χ1n) is 10.5. The summed E-state index contributed by atoms with van der Waals surface area (Å²) in [6.45, 7) is 2.06. The average Bonchev–Trinajstić information content (AvgIpc) is 2.80. The van der Waals surface area contributed by atoms with Crippen LogP contribution in [-0.2, 0) is 6.54 Å². The number of nitrogens with two attached hydrogens (primary N) is 1. The Morgan fingerprint density at radius 3 is 2.56 bits per heavy atom. The minimum absolute atomic E-state index is 0.0156. The van der Waals surface area contributed by atoms with Crippen molar-refractivity contribution in [3.05, 3.63) is 83.1 Å². The molecule has 0 atom stereocenters. The lowest BCUT2D eigenvalue weighted by Gasteiger charge is -2.23. The topological polar surface area (TPSA) is 92.1 Å². The third-order valence-electron chi connectivity index (χ3n) is 5.64. The van der Waals surface area contributed by atoms with Crippen LogP contribution in [0, 0.1) is 11.6 Å². The number of hydrogen-bond acceptors (Lipinski definition) is 5. The molecule has 1 aromatic heterocycles. The highest BCUT2D eigenvalue weighted by molar-refractivity contribution is 5.98. The lowest BCUT2D eigenvalue weighted by atomic mass is 9.90. The van der Waals surface area contributed by atoms with Crippen molar-refractivity contribution in [3.63, 3.8) is 0 Å².